The van der Waals surface area contributed by atoms with Gasteiger partial charge in [-0.3, -0.25) is 0 Å². The number of carboxylic acids is 1. The molecule has 0 aliphatic heterocycles. The number of thiazole rings is 1. The molecule has 1 saturated carbocycles. The van der Waals surface area contributed by atoms with Gasteiger partial charge in [0.1, 0.15) is 22.3 Å². The van der Waals surface area contributed by atoms with Crippen LogP contribution in [0.1, 0.15) is 40.2 Å². The second kappa shape index (κ2) is 11.5. The van der Waals surface area contributed by atoms with E-state index in [1.54, 1.807) is 4.68 Å². The Hall–Kier alpha value is -4.53. The van der Waals surface area contributed by atoms with E-state index in [0.29, 0.717) is 45.5 Å². The zero-order chi connectivity index (χ0) is 31.2. The molecule has 0 bridgehead atoms. The third kappa shape index (κ3) is 6.23. The fourth-order valence-electron chi connectivity index (χ4n) is 4.80. The van der Waals surface area contributed by atoms with Crippen LogP contribution < -0.4 is 9.88 Å². The number of halogens is 3. The Labute approximate surface area is 253 Å². The standard InChI is InChI=1S/C30H23F3N4O5S2/c31-19-2-1-3-20(14-19)42-26-13-18(7-8-22(26)32)28-21(10-17-6-9-27(23(33)11-17)44(34,40)41)25(12-16-4-5-16)37(36-28)30-35-24(15-43-30)29(38)39/h1-3,6-9,11,13-16H,4-5,10,12H2,(H,38,39)(H2,34,40,41). The summed E-state index contributed by atoms with van der Waals surface area (Å²) in [6, 6.07) is 12.9. The summed E-state index contributed by atoms with van der Waals surface area (Å²) in [4.78, 5) is 15.2. The van der Waals surface area contributed by atoms with E-state index in [4.69, 9.17) is 15.0 Å². The molecular formula is C30H23F3N4O5S2. The van der Waals surface area contributed by atoms with Gasteiger partial charge in [-0.05, 0) is 73.2 Å². The number of rotatable bonds is 10. The van der Waals surface area contributed by atoms with E-state index in [1.807, 2.05) is 0 Å². The maximum Gasteiger partial charge on any atom is 0.355 e. The fourth-order valence-corrected chi connectivity index (χ4v) is 6.16. The van der Waals surface area contributed by atoms with E-state index >= 15 is 0 Å². The Morgan fingerprint density at radius 2 is 1.86 bits per heavy atom. The van der Waals surface area contributed by atoms with Crippen molar-refractivity contribution in [1.82, 2.24) is 14.8 Å². The molecule has 44 heavy (non-hydrogen) atoms. The van der Waals surface area contributed by atoms with Crippen LogP contribution in [0.4, 0.5) is 13.2 Å². The number of ether oxygens (including phenoxy) is 1. The summed E-state index contributed by atoms with van der Waals surface area (Å²) >= 11 is 1.08. The van der Waals surface area contributed by atoms with Crippen LogP contribution in [-0.2, 0) is 22.9 Å². The van der Waals surface area contributed by atoms with Crippen molar-refractivity contribution in [1.29, 1.82) is 0 Å². The van der Waals surface area contributed by atoms with E-state index in [2.05, 4.69) is 4.98 Å². The van der Waals surface area contributed by atoms with Gasteiger partial charge < -0.3 is 9.84 Å². The van der Waals surface area contributed by atoms with Gasteiger partial charge in [-0.15, -0.1) is 11.3 Å². The first-order valence-electron chi connectivity index (χ1n) is 13.3. The van der Waals surface area contributed by atoms with Crippen molar-refractivity contribution in [3.63, 3.8) is 0 Å². The first-order chi connectivity index (χ1) is 21.0. The fraction of sp³-hybridized carbons (Fsp3) is 0.167. The molecular weight excluding hydrogens is 617 g/mol. The summed E-state index contributed by atoms with van der Waals surface area (Å²) in [5.41, 5.74) is 2.36. The number of nitrogens with zero attached hydrogens (tertiary/aromatic N) is 3. The van der Waals surface area contributed by atoms with Crippen molar-refractivity contribution in [2.24, 2.45) is 11.1 Å². The number of hydrogen-bond acceptors (Lipinski definition) is 7. The monoisotopic (exact) mass is 640 g/mol. The average Bonchev–Trinajstić information content (AvgIpc) is 3.51. The van der Waals surface area contributed by atoms with Gasteiger partial charge in [0.05, 0.1) is 11.4 Å². The molecule has 0 radical (unpaired) electrons. The Morgan fingerprint density at radius 1 is 1.07 bits per heavy atom. The van der Waals surface area contributed by atoms with Crippen molar-refractivity contribution < 1.29 is 36.2 Å². The highest BCUT2D eigenvalue weighted by Crippen LogP contribution is 2.39. The molecule has 14 heteroatoms. The molecule has 0 atom stereocenters. The van der Waals surface area contributed by atoms with E-state index < -0.39 is 38.3 Å². The number of nitrogens with two attached hydrogens (primary N) is 1. The highest BCUT2D eigenvalue weighted by Gasteiger charge is 2.30. The summed E-state index contributed by atoms with van der Waals surface area (Å²) in [6.07, 6.45) is 2.58. The Bertz CT molecular complexity index is 2020. The van der Waals surface area contributed by atoms with Gasteiger partial charge in [0.25, 0.3) is 0 Å². The second-order valence-corrected chi connectivity index (χ2v) is 12.7. The number of sulfonamides is 1. The molecule has 1 aliphatic rings. The highest BCUT2D eigenvalue weighted by molar-refractivity contribution is 7.89. The number of aromatic nitrogens is 3. The van der Waals surface area contributed by atoms with Gasteiger partial charge in [-0.2, -0.15) is 5.10 Å². The smallest absolute Gasteiger partial charge is 0.355 e. The number of carbonyl (C=O) groups is 1. The lowest BCUT2D eigenvalue weighted by Crippen LogP contribution is -2.14. The molecule has 1 aliphatic carbocycles. The lowest BCUT2D eigenvalue weighted by Gasteiger charge is -2.11. The quantitative estimate of drug-likeness (QED) is 0.188. The molecule has 0 amide bonds. The lowest BCUT2D eigenvalue weighted by atomic mass is 9.96. The minimum absolute atomic E-state index is 0.0793. The van der Waals surface area contributed by atoms with Crippen LogP contribution in [0.2, 0.25) is 0 Å². The van der Waals surface area contributed by atoms with Crippen molar-refractivity contribution in [3.05, 3.63) is 106 Å². The van der Waals surface area contributed by atoms with Crippen LogP contribution in [0.5, 0.6) is 11.5 Å². The molecule has 3 N–H and O–H groups in total. The summed E-state index contributed by atoms with van der Waals surface area (Å²) in [6.45, 7) is 0. The number of aromatic carboxylic acids is 1. The van der Waals surface area contributed by atoms with Gasteiger partial charge in [0.2, 0.25) is 15.2 Å². The van der Waals surface area contributed by atoms with E-state index in [0.717, 1.165) is 42.4 Å². The first kappa shape index (κ1) is 29.5. The van der Waals surface area contributed by atoms with Crippen LogP contribution >= 0.6 is 11.3 Å². The van der Waals surface area contributed by atoms with Crippen LogP contribution in [0.3, 0.4) is 0 Å². The average molecular weight is 641 g/mol. The van der Waals surface area contributed by atoms with Gasteiger partial charge in [-0.25, -0.2) is 41.2 Å². The summed E-state index contributed by atoms with van der Waals surface area (Å²) in [5, 5.41) is 21.1. The topological polar surface area (TPSA) is 137 Å². The zero-order valence-electron chi connectivity index (χ0n) is 22.7. The third-order valence-electron chi connectivity index (χ3n) is 7.07. The highest BCUT2D eigenvalue weighted by atomic mass is 32.2. The van der Waals surface area contributed by atoms with Crippen molar-refractivity contribution in [3.8, 4) is 27.9 Å². The minimum atomic E-state index is -4.28. The largest absolute Gasteiger partial charge is 0.476 e. The second-order valence-electron chi connectivity index (χ2n) is 10.3. The van der Waals surface area contributed by atoms with Crippen LogP contribution in [0.15, 0.2) is 70.9 Å². The predicted octanol–water partition coefficient (Wildman–Crippen LogP) is 6.09. The first-order valence-corrected chi connectivity index (χ1v) is 15.7. The Balaban J connectivity index is 1.50. The van der Waals surface area contributed by atoms with Crippen molar-refractivity contribution in [2.75, 3.05) is 0 Å². The molecule has 226 valence electrons. The third-order valence-corrected chi connectivity index (χ3v) is 8.83. The predicted molar refractivity (Wildman–Crippen MR) is 155 cm³/mol. The van der Waals surface area contributed by atoms with Crippen LogP contribution in [0.25, 0.3) is 16.4 Å². The molecule has 0 unspecified atom stereocenters. The number of benzene rings is 3. The molecule has 5 aromatic rings. The van der Waals surface area contributed by atoms with Gasteiger partial charge >= 0.3 is 5.97 Å². The molecule has 2 aromatic heterocycles. The summed E-state index contributed by atoms with van der Waals surface area (Å²) in [7, 11) is -4.28. The normalized spacial score (nSPS) is 13.3. The van der Waals surface area contributed by atoms with Crippen molar-refractivity contribution in [2.45, 2.75) is 30.6 Å². The molecule has 9 nitrogen and oxygen atoms in total. The van der Waals surface area contributed by atoms with Gasteiger partial charge in [0, 0.05) is 29.0 Å². The molecule has 6 rings (SSSR count). The van der Waals surface area contributed by atoms with Gasteiger partial charge in [-0.1, -0.05) is 12.1 Å². The van der Waals surface area contributed by atoms with Gasteiger partial charge in [0.15, 0.2) is 17.3 Å². The maximum atomic E-state index is 14.9. The molecule has 0 saturated heterocycles. The summed E-state index contributed by atoms with van der Waals surface area (Å²) < 4.78 is 74.3. The zero-order valence-corrected chi connectivity index (χ0v) is 24.3. The van der Waals surface area contributed by atoms with Crippen molar-refractivity contribution >= 4 is 27.3 Å². The molecule has 3 aromatic carbocycles. The summed E-state index contributed by atoms with van der Waals surface area (Å²) in [5.74, 6) is -3.26. The Morgan fingerprint density at radius 3 is 2.52 bits per heavy atom. The van der Waals surface area contributed by atoms with E-state index in [1.165, 1.54) is 47.8 Å². The lowest BCUT2D eigenvalue weighted by molar-refractivity contribution is 0.0691. The van der Waals surface area contributed by atoms with E-state index in [9.17, 15) is 31.5 Å². The van der Waals surface area contributed by atoms with Crippen LogP contribution in [0, 0.1) is 23.4 Å². The van der Waals surface area contributed by atoms with E-state index in [-0.39, 0.29) is 23.6 Å². The molecule has 0 spiro atoms. The molecule has 1 fully saturated rings. The SMILES string of the molecule is NS(=O)(=O)c1ccc(Cc2c(-c3ccc(F)c(Oc4cccc(F)c4)c3)nn(-c3nc(C(=O)O)cs3)c2CC2CC2)cc1F. The number of carboxylic acid groups (broad SMARTS) is 1. The van der Waals surface area contributed by atoms with Crippen LogP contribution in [-0.4, -0.2) is 34.3 Å². The number of primary sulfonamides is 1. The minimum Gasteiger partial charge on any atom is -0.476 e. The Kier molecular flexibility index (Phi) is 7.73. The maximum absolute atomic E-state index is 14.9. The molecule has 2 heterocycles. The number of hydrogen-bond donors (Lipinski definition) is 2.